The summed E-state index contributed by atoms with van der Waals surface area (Å²) < 4.78 is 0. The van der Waals surface area contributed by atoms with Gasteiger partial charge in [-0.2, -0.15) is 0 Å². The predicted octanol–water partition coefficient (Wildman–Crippen LogP) is 1.61. The van der Waals surface area contributed by atoms with E-state index in [4.69, 9.17) is 5.73 Å². The van der Waals surface area contributed by atoms with Crippen molar-refractivity contribution in [3.8, 4) is 5.75 Å². The Labute approximate surface area is 110 Å². The van der Waals surface area contributed by atoms with Crippen LogP contribution in [0.3, 0.4) is 0 Å². The lowest BCUT2D eigenvalue weighted by Gasteiger charge is -2.25. The predicted molar refractivity (Wildman–Crippen MR) is 70.8 cm³/mol. The average molecular weight is 267 g/mol. The van der Waals surface area contributed by atoms with Gasteiger partial charge in [-0.3, -0.25) is 14.9 Å². The van der Waals surface area contributed by atoms with Gasteiger partial charge in [0.2, 0.25) is 5.91 Å². The topological polar surface area (TPSA) is 118 Å². The van der Waals surface area contributed by atoms with Crippen LogP contribution >= 0.6 is 0 Å². The van der Waals surface area contributed by atoms with E-state index in [0.29, 0.717) is 0 Å². The van der Waals surface area contributed by atoms with Crippen molar-refractivity contribution < 1.29 is 14.8 Å². The number of nitrogens with one attached hydrogen (secondary N) is 1. The molecule has 0 aliphatic heterocycles. The van der Waals surface area contributed by atoms with Crippen LogP contribution in [0.15, 0.2) is 18.2 Å². The van der Waals surface area contributed by atoms with Gasteiger partial charge in [-0.15, -0.1) is 0 Å². The lowest BCUT2D eigenvalue weighted by Crippen LogP contribution is -2.45. The normalized spacial score (nSPS) is 12.8. The molecular weight excluding hydrogens is 250 g/mol. The molecule has 1 rings (SSSR count). The fourth-order valence-corrected chi connectivity index (χ4v) is 1.40. The molecule has 0 fully saturated rings. The third kappa shape index (κ3) is 3.41. The van der Waals surface area contributed by atoms with Crippen molar-refractivity contribution in [1.82, 2.24) is 0 Å². The highest BCUT2D eigenvalue weighted by atomic mass is 16.6. The van der Waals surface area contributed by atoms with Crippen LogP contribution in [-0.4, -0.2) is 22.0 Å². The molecule has 0 spiro atoms. The minimum atomic E-state index is -0.855. The monoisotopic (exact) mass is 267 g/mol. The van der Waals surface area contributed by atoms with Crippen LogP contribution in [0.5, 0.6) is 5.75 Å². The van der Waals surface area contributed by atoms with E-state index in [1.54, 1.807) is 20.8 Å². The number of benzene rings is 1. The van der Waals surface area contributed by atoms with Crippen LogP contribution in [-0.2, 0) is 4.79 Å². The van der Waals surface area contributed by atoms with Gasteiger partial charge in [0.25, 0.3) is 5.69 Å². The first-order valence-corrected chi connectivity index (χ1v) is 5.67. The van der Waals surface area contributed by atoms with E-state index < -0.39 is 22.3 Å². The summed E-state index contributed by atoms with van der Waals surface area (Å²) in [7, 11) is 0. The highest BCUT2D eigenvalue weighted by Gasteiger charge is 2.29. The number of nitro benzene ring substituents is 1. The molecular formula is C12H17N3O4. The van der Waals surface area contributed by atoms with Gasteiger partial charge < -0.3 is 16.2 Å². The molecule has 0 aliphatic rings. The Bertz CT molecular complexity index is 508. The molecule has 19 heavy (non-hydrogen) atoms. The van der Waals surface area contributed by atoms with E-state index >= 15 is 0 Å². The smallest absolute Gasteiger partial charge is 0.296 e. The summed E-state index contributed by atoms with van der Waals surface area (Å²) >= 11 is 0. The molecule has 1 atom stereocenters. The van der Waals surface area contributed by atoms with E-state index in [-0.39, 0.29) is 17.1 Å². The summed E-state index contributed by atoms with van der Waals surface area (Å²) in [5.41, 5.74) is 4.64. The first-order valence-electron chi connectivity index (χ1n) is 5.67. The van der Waals surface area contributed by atoms with Gasteiger partial charge >= 0.3 is 0 Å². The van der Waals surface area contributed by atoms with Gasteiger partial charge in [0.1, 0.15) is 5.75 Å². The van der Waals surface area contributed by atoms with E-state index in [1.165, 1.54) is 18.2 Å². The van der Waals surface area contributed by atoms with Crippen molar-refractivity contribution in [2.24, 2.45) is 11.1 Å². The number of nitrogens with zero attached hydrogens (tertiary/aromatic N) is 1. The number of anilines is 1. The molecule has 4 N–H and O–H groups in total. The average Bonchev–Trinajstić information content (AvgIpc) is 2.29. The van der Waals surface area contributed by atoms with Crippen molar-refractivity contribution in [1.29, 1.82) is 0 Å². The Balaban J connectivity index is 3.07. The van der Waals surface area contributed by atoms with Crippen molar-refractivity contribution in [2.45, 2.75) is 26.8 Å². The van der Waals surface area contributed by atoms with Crippen LogP contribution in [0.1, 0.15) is 20.8 Å². The number of amides is 1. The largest absolute Gasteiger partial charge is 0.505 e. The van der Waals surface area contributed by atoms with Gasteiger partial charge in [-0.25, -0.2) is 0 Å². The second kappa shape index (κ2) is 5.23. The van der Waals surface area contributed by atoms with Gasteiger partial charge in [-0.1, -0.05) is 26.8 Å². The fourth-order valence-electron chi connectivity index (χ4n) is 1.40. The number of rotatable bonds is 3. The van der Waals surface area contributed by atoms with E-state index in [2.05, 4.69) is 5.32 Å². The molecule has 1 amide bonds. The molecule has 0 saturated carbocycles. The first kappa shape index (κ1) is 14.9. The molecule has 1 aromatic carbocycles. The summed E-state index contributed by atoms with van der Waals surface area (Å²) in [6, 6.07) is 2.92. The van der Waals surface area contributed by atoms with Crippen LogP contribution in [0.25, 0.3) is 0 Å². The summed E-state index contributed by atoms with van der Waals surface area (Å²) in [6.07, 6.45) is 0. The van der Waals surface area contributed by atoms with Gasteiger partial charge in [0, 0.05) is 6.07 Å². The van der Waals surface area contributed by atoms with E-state index in [1.807, 2.05) is 0 Å². The minimum absolute atomic E-state index is 0.239. The second-order valence-electron chi connectivity index (χ2n) is 5.26. The van der Waals surface area contributed by atoms with Gasteiger partial charge in [0.15, 0.2) is 5.69 Å². The molecule has 0 bridgehead atoms. The zero-order valence-corrected chi connectivity index (χ0v) is 11.0. The molecule has 0 saturated heterocycles. The van der Waals surface area contributed by atoms with Crippen LogP contribution in [0, 0.1) is 15.5 Å². The Kier molecular flexibility index (Phi) is 4.10. The lowest BCUT2D eigenvalue weighted by atomic mass is 9.87. The minimum Gasteiger partial charge on any atom is -0.505 e. The number of nitro groups is 1. The standard InChI is InChI=1S/C12H17N3O4/c1-12(2,3)10(13)11(17)14-9-7(15(18)19)5-4-6-8(9)16/h4-6,10,16H,13H2,1-3H3,(H,14,17). The zero-order valence-electron chi connectivity index (χ0n) is 11.0. The lowest BCUT2D eigenvalue weighted by molar-refractivity contribution is -0.384. The maximum atomic E-state index is 11.9. The second-order valence-corrected chi connectivity index (χ2v) is 5.26. The number of hydrogen-bond donors (Lipinski definition) is 3. The van der Waals surface area contributed by atoms with Crippen LogP contribution < -0.4 is 11.1 Å². The Morgan fingerprint density at radius 3 is 2.53 bits per heavy atom. The number of hydrogen-bond acceptors (Lipinski definition) is 5. The van der Waals surface area contributed by atoms with Crippen molar-refractivity contribution in [2.75, 3.05) is 5.32 Å². The number of phenolic OH excluding ortho intramolecular Hbond substituents is 1. The Morgan fingerprint density at radius 2 is 2.05 bits per heavy atom. The molecule has 1 unspecified atom stereocenters. The maximum absolute atomic E-state index is 11.9. The van der Waals surface area contributed by atoms with Gasteiger partial charge in [-0.05, 0) is 11.5 Å². The number of aromatic hydroxyl groups is 1. The third-order valence-corrected chi connectivity index (χ3v) is 2.68. The summed E-state index contributed by atoms with van der Waals surface area (Å²) in [6.45, 7) is 5.32. The van der Waals surface area contributed by atoms with Crippen molar-refractivity contribution >= 4 is 17.3 Å². The molecule has 0 radical (unpaired) electrons. The molecule has 7 heteroatoms. The number of nitrogens with two attached hydrogens (primary N) is 1. The fraction of sp³-hybridized carbons (Fsp3) is 0.417. The number of phenols is 1. The highest BCUT2D eigenvalue weighted by Crippen LogP contribution is 2.33. The Morgan fingerprint density at radius 1 is 1.47 bits per heavy atom. The van der Waals surface area contributed by atoms with E-state index in [0.717, 1.165) is 0 Å². The SMILES string of the molecule is CC(C)(C)C(N)C(=O)Nc1c(O)cccc1[N+](=O)[O-]. The number of carbonyl (C=O) groups is 1. The molecule has 7 nitrogen and oxygen atoms in total. The van der Waals surface area contributed by atoms with Gasteiger partial charge in [0.05, 0.1) is 11.0 Å². The third-order valence-electron chi connectivity index (χ3n) is 2.68. The Hall–Kier alpha value is -2.15. The molecule has 104 valence electrons. The first-order chi connectivity index (χ1) is 8.64. The van der Waals surface area contributed by atoms with Crippen LogP contribution in [0.2, 0.25) is 0 Å². The van der Waals surface area contributed by atoms with Crippen molar-refractivity contribution in [3.63, 3.8) is 0 Å². The van der Waals surface area contributed by atoms with Crippen LogP contribution in [0.4, 0.5) is 11.4 Å². The molecule has 0 aromatic heterocycles. The quantitative estimate of drug-likeness (QED) is 0.436. The zero-order chi connectivity index (χ0) is 14.8. The summed E-state index contributed by atoms with van der Waals surface area (Å²) in [4.78, 5) is 22.1. The van der Waals surface area contributed by atoms with Crippen molar-refractivity contribution in [3.05, 3.63) is 28.3 Å². The molecule has 1 aromatic rings. The molecule has 0 heterocycles. The highest BCUT2D eigenvalue weighted by molar-refractivity contribution is 5.98. The molecule has 0 aliphatic carbocycles. The maximum Gasteiger partial charge on any atom is 0.296 e. The summed E-state index contributed by atoms with van der Waals surface area (Å²) in [5, 5.41) is 22.8. The summed E-state index contributed by atoms with van der Waals surface area (Å²) in [5.74, 6) is -0.958. The number of para-hydroxylation sites is 1. The van der Waals surface area contributed by atoms with E-state index in [9.17, 15) is 20.0 Å². The number of carbonyl (C=O) groups excluding carboxylic acids is 1.